The van der Waals surface area contributed by atoms with E-state index in [1.165, 1.54) is 12.3 Å². The molecule has 0 aliphatic rings. The molecule has 24 heavy (non-hydrogen) atoms. The molecule has 1 rings (SSSR count). The maximum atomic E-state index is 12.0. The fourth-order valence-electron chi connectivity index (χ4n) is 1.64. The molecule has 9 heteroatoms. The Morgan fingerprint density at radius 3 is 2.50 bits per heavy atom. The third-order valence-corrected chi connectivity index (χ3v) is 2.88. The molecular weight excluding hydrogens is 436 g/mol. The van der Waals surface area contributed by atoms with E-state index in [1.807, 2.05) is 0 Å². The minimum atomic E-state index is -4.37. The standard InChI is InChI=1S/C15H23F3N4O.HI/c1-11(2)6-7-20-14(19-3)22-9-12-4-5-13(21-8-12)23-10-15(16,17)18;/h4-5,8,11H,6-7,9-10H2,1-3H3,(H2,19,20,22);1H. The van der Waals surface area contributed by atoms with E-state index < -0.39 is 12.8 Å². The molecule has 0 saturated carbocycles. The second kappa shape index (κ2) is 11.3. The van der Waals surface area contributed by atoms with Gasteiger partial charge in [-0.05, 0) is 17.9 Å². The maximum absolute atomic E-state index is 12.0. The van der Waals surface area contributed by atoms with Gasteiger partial charge in [0.15, 0.2) is 12.6 Å². The van der Waals surface area contributed by atoms with Gasteiger partial charge in [0.05, 0.1) is 0 Å². The lowest BCUT2D eigenvalue weighted by Crippen LogP contribution is -2.37. The second-order valence-corrected chi connectivity index (χ2v) is 5.44. The fraction of sp³-hybridized carbons (Fsp3) is 0.600. The second-order valence-electron chi connectivity index (χ2n) is 5.44. The van der Waals surface area contributed by atoms with Crippen LogP contribution in [-0.2, 0) is 6.54 Å². The van der Waals surface area contributed by atoms with Crippen LogP contribution in [0, 0.1) is 5.92 Å². The van der Waals surface area contributed by atoms with E-state index >= 15 is 0 Å². The van der Waals surface area contributed by atoms with Gasteiger partial charge in [-0.15, -0.1) is 24.0 Å². The Bertz CT molecular complexity index is 492. The van der Waals surface area contributed by atoms with Crippen molar-refractivity contribution in [1.29, 1.82) is 0 Å². The summed E-state index contributed by atoms with van der Waals surface area (Å²) in [5.74, 6) is 1.22. The third kappa shape index (κ3) is 10.5. The van der Waals surface area contributed by atoms with Crippen LogP contribution >= 0.6 is 24.0 Å². The Morgan fingerprint density at radius 2 is 2.00 bits per heavy atom. The van der Waals surface area contributed by atoms with Crippen LogP contribution in [0.15, 0.2) is 23.3 Å². The summed E-state index contributed by atoms with van der Waals surface area (Å²) in [6.45, 7) is 4.23. The van der Waals surface area contributed by atoms with E-state index in [-0.39, 0.29) is 29.9 Å². The van der Waals surface area contributed by atoms with Crippen LogP contribution in [0.3, 0.4) is 0 Å². The Balaban J connectivity index is 0.00000529. The molecule has 5 nitrogen and oxygen atoms in total. The number of hydrogen-bond donors (Lipinski definition) is 2. The quantitative estimate of drug-likeness (QED) is 0.373. The summed E-state index contributed by atoms with van der Waals surface area (Å²) < 4.78 is 40.7. The van der Waals surface area contributed by atoms with Crippen LogP contribution in [-0.4, -0.2) is 37.3 Å². The van der Waals surface area contributed by atoms with Crippen molar-refractivity contribution in [2.45, 2.75) is 33.0 Å². The molecule has 1 aromatic heterocycles. The van der Waals surface area contributed by atoms with Crippen molar-refractivity contribution in [3.05, 3.63) is 23.9 Å². The zero-order chi connectivity index (χ0) is 17.3. The zero-order valence-corrected chi connectivity index (χ0v) is 16.3. The first kappa shape index (κ1) is 22.7. The van der Waals surface area contributed by atoms with Crippen LogP contribution in [0.4, 0.5) is 13.2 Å². The number of rotatable bonds is 7. The highest BCUT2D eigenvalue weighted by atomic mass is 127. The average molecular weight is 460 g/mol. The highest BCUT2D eigenvalue weighted by Crippen LogP contribution is 2.16. The van der Waals surface area contributed by atoms with Gasteiger partial charge in [0, 0.05) is 32.4 Å². The van der Waals surface area contributed by atoms with Crippen LogP contribution < -0.4 is 15.4 Å². The van der Waals surface area contributed by atoms with Gasteiger partial charge in [-0.2, -0.15) is 13.2 Å². The predicted molar refractivity (Wildman–Crippen MR) is 98.9 cm³/mol. The van der Waals surface area contributed by atoms with E-state index in [2.05, 4.69) is 39.2 Å². The van der Waals surface area contributed by atoms with E-state index in [0.29, 0.717) is 18.4 Å². The van der Waals surface area contributed by atoms with Crippen LogP contribution in [0.5, 0.6) is 5.88 Å². The third-order valence-electron chi connectivity index (χ3n) is 2.88. The molecule has 0 amide bonds. The Hall–Kier alpha value is -1.26. The molecular formula is C15H24F3IN4O. The minimum absolute atomic E-state index is 0. The van der Waals surface area contributed by atoms with Crippen LogP contribution in [0.2, 0.25) is 0 Å². The number of aliphatic imine (C=N–C) groups is 1. The van der Waals surface area contributed by atoms with Gasteiger partial charge in [0.2, 0.25) is 5.88 Å². The van der Waals surface area contributed by atoms with Gasteiger partial charge in [-0.1, -0.05) is 19.9 Å². The Morgan fingerprint density at radius 1 is 1.29 bits per heavy atom. The predicted octanol–water partition coefficient (Wildman–Crippen LogP) is 3.35. The normalized spacial score (nSPS) is 11.9. The van der Waals surface area contributed by atoms with Crippen molar-refractivity contribution in [3.8, 4) is 5.88 Å². The van der Waals surface area contributed by atoms with Gasteiger partial charge >= 0.3 is 6.18 Å². The minimum Gasteiger partial charge on any atom is -0.468 e. The summed E-state index contributed by atoms with van der Waals surface area (Å²) in [5, 5.41) is 6.30. The van der Waals surface area contributed by atoms with E-state index in [9.17, 15) is 13.2 Å². The van der Waals surface area contributed by atoms with Crippen LogP contribution in [0.1, 0.15) is 25.8 Å². The zero-order valence-electron chi connectivity index (χ0n) is 14.0. The number of ether oxygens (including phenoxy) is 1. The molecule has 1 heterocycles. The lowest BCUT2D eigenvalue weighted by molar-refractivity contribution is -0.154. The molecule has 0 fully saturated rings. The first-order valence-electron chi connectivity index (χ1n) is 7.39. The van der Waals surface area contributed by atoms with Crippen molar-refractivity contribution in [2.24, 2.45) is 10.9 Å². The molecule has 0 spiro atoms. The maximum Gasteiger partial charge on any atom is 0.422 e. The largest absolute Gasteiger partial charge is 0.468 e. The molecule has 0 aliphatic heterocycles. The van der Waals surface area contributed by atoms with Gasteiger partial charge < -0.3 is 15.4 Å². The summed E-state index contributed by atoms with van der Waals surface area (Å²) in [7, 11) is 1.68. The molecule has 0 atom stereocenters. The summed E-state index contributed by atoms with van der Waals surface area (Å²) in [4.78, 5) is 7.95. The van der Waals surface area contributed by atoms with Crippen molar-refractivity contribution in [1.82, 2.24) is 15.6 Å². The Labute approximate surface area is 157 Å². The van der Waals surface area contributed by atoms with Crippen molar-refractivity contribution in [2.75, 3.05) is 20.2 Å². The molecule has 138 valence electrons. The first-order chi connectivity index (χ1) is 10.8. The summed E-state index contributed by atoms with van der Waals surface area (Å²) in [6.07, 6.45) is -1.86. The molecule has 0 bridgehead atoms. The van der Waals surface area contributed by atoms with Gasteiger partial charge in [-0.25, -0.2) is 4.98 Å². The van der Waals surface area contributed by atoms with Crippen molar-refractivity contribution < 1.29 is 17.9 Å². The number of nitrogens with zero attached hydrogens (tertiary/aromatic N) is 2. The average Bonchev–Trinajstić information content (AvgIpc) is 2.48. The summed E-state index contributed by atoms with van der Waals surface area (Å²) >= 11 is 0. The number of halogens is 4. The first-order valence-corrected chi connectivity index (χ1v) is 7.39. The molecule has 2 N–H and O–H groups in total. The van der Waals surface area contributed by atoms with Crippen molar-refractivity contribution >= 4 is 29.9 Å². The van der Waals surface area contributed by atoms with E-state index in [4.69, 9.17) is 0 Å². The number of alkyl halides is 3. The highest BCUT2D eigenvalue weighted by Gasteiger charge is 2.28. The molecule has 0 aromatic carbocycles. The van der Waals surface area contributed by atoms with Crippen LogP contribution in [0.25, 0.3) is 0 Å². The lowest BCUT2D eigenvalue weighted by Gasteiger charge is -2.13. The number of guanidine groups is 1. The van der Waals surface area contributed by atoms with E-state index in [0.717, 1.165) is 18.5 Å². The SMILES string of the molecule is CN=C(NCCC(C)C)NCc1ccc(OCC(F)(F)F)nc1.I. The van der Waals surface area contributed by atoms with Gasteiger partial charge in [-0.3, -0.25) is 4.99 Å². The lowest BCUT2D eigenvalue weighted by atomic mass is 10.1. The monoisotopic (exact) mass is 460 g/mol. The van der Waals surface area contributed by atoms with Gasteiger partial charge in [0.1, 0.15) is 0 Å². The molecule has 0 saturated heterocycles. The van der Waals surface area contributed by atoms with Gasteiger partial charge in [0.25, 0.3) is 0 Å². The van der Waals surface area contributed by atoms with E-state index in [1.54, 1.807) is 13.1 Å². The summed E-state index contributed by atoms with van der Waals surface area (Å²) in [6, 6.07) is 3.07. The molecule has 0 radical (unpaired) electrons. The molecule has 1 aromatic rings. The topological polar surface area (TPSA) is 58.5 Å². The summed E-state index contributed by atoms with van der Waals surface area (Å²) in [5.41, 5.74) is 0.816. The number of aromatic nitrogens is 1. The molecule has 0 aliphatic carbocycles. The van der Waals surface area contributed by atoms with Crippen molar-refractivity contribution in [3.63, 3.8) is 0 Å². The Kier molecular flexibility index (Phi) is 10.7. The number of hydrogen-bond acceptors (Lipinski definition) is 3. The highest BCUT2D eigenvalue weighted by molar-refractivity contribution is 14.0. The number of pyridine rings is 1. The number of nitrogens with one attached hydrogen (secondary N) is 2. The smallest absolute Gasteiger partial charge is 0.422 e. The fourth-order valence-corrected chi connectivity index (χ4v) is 1.64. The molecule has 0 unspecified atom stereocenters.